The van der Waals surface area contributed by atoms with E-state index in [4.69, 9.17) is 4.74 Å². The molecule has 138 valence electrons. The first-order valence-corrected chi connectivity index (χ1v) is 9.19. The maximum Gasteiger partial charge on any atom is 0.343 e. The van der Waals surface area contributed by atoms with Crippen LogP contribution in [0.1, 0.15) is 38.8 Å². The van der Waals surface area contributed by atoms with Gasteiger partial charge in [-0.05, 0) is 25.1 Å². The van der Waals surface area contributed by atoms with Crippen molar-refractivity contribution in [3.63, 3.8) is 0 Å². The van der Waals surface area contributed by atoms with Crippen molar-refractivity contribution in [2.24, 2.45) is 0 Å². The van der Waals surface area contributed by atoms with Crippen LogP contribution in [0.5, 0.6) is 0 Å². The molecule has 0 fully saturated rings. The van der Waals surface area contributed by atoms with Crippen LogP contribution in [0.3, 0.4) is 0 Å². The molecule has 4 nitrogen and oxygen atoms in total. The number of esters is 1. The molecule has 0 saturated carbocycles. The Morgan fingerprint density at radius 1 is 0.786 bits per heavy atom. The molecule has 0 bridgehead atoms. The zero-order valence-corrected chi connectivity index (χ0v) is 15.5. The third kappa shape index (κ3) is 3.09. The summed E-state index contributed by atoms with van der Waals surface area (Å²) in [7, 11) is 0. The quantitative estimate of drug-likeness (QED) is 0.488. The van der Waals surface area contributed by atoms with E-state index in [2.05, 4.69) is 0 Å². The fourth-order valence-electron chi connectivity index (χ4n) is 3.37. The first-order chi connectivity index (χ1) is 13.7. The van der Waals surface area contributed by atoms with Crippen molar-refractivity contribution in [3.8, 4) is 0 Å². The number of nitrogens with zero attached hydrogens (tertiary/aromatic N) is 1. The van der Waals surface area contributed by atoms with E-state index in [9.17, 15) is 9.59 Å². The predicted octanol–water partition coefficient (Wildman–Crippen LogP) is 4.85. The van der Waals surface area contributed by atoms with E-state index >= 15 is 0 Å². The molecule has 0 unspecified atom stereocenters. The Morgan fingerprint density at radius 3 is 1.93 bits per heavy atom. The molecule has 4 rings (SSSR count). The van der Waals surface area contributed by atoms with Gasteiger partial charge in [0.1, 0.15) is 0 Å². The van der Waals surface area contributed by atoms with E-state index in [-0.39, 0.29) is 5.91 Å². The highest BCUT2D eigenvalue weighted by atomic mass is 16.5. The van der Waals surface area contributed by atoms with Crippen molar-refractivity contribution in [1.29, 1.82) is 0 Å². The lowest BCUT2D eigenvalue weighted by atomic mass is 10.0. The van der Waals surface area contributed by atoms with Gasteiger partial charge in [-0.3, -0.25) is 4.79 Å². The maximum absolute atomic E-state index is 12.9. The maximum atomic E-state index is 12.9. The average Bonchev–Trinajstić information content (AvgIpc) is 3.05. The number of benzene rings is 3. The third-order valence-corrected chi connectivity index (χ3v) is 4.70. The van der Waals surface area contributed by atoms with Crippen LogP contribution in [0.4, 0.5) is 0 Å². The Bertz CT molecular complexity index is 1060. The van der Waals surface area contributed by atoms with Crippen LogP contribution in [-0.2, 0) is 4.74 Å². The smallest absolute Gasteiger partial charge is 0.343 e. The highest BCUT2D eigenvalue weighted by molar-refractivity contribution is 6.13. The first-order valence-electron chi connectivity index (χ1n) is 9.19. The minimum Gasteiger partial charge on any atom is -0.420 e. The summed E-state index contributed by atoms with van der Waals surface area (Å²) in [5.74, 6) is -0.160. The van der Waals surface area contributed by atoms with Crippen LogP contribution < -0.4 is 0 Å². The number of carbonyl (C=O) groups excluding carboxylic acids is 2. The van der Waals surface area contributed by atoms with E-state index < -0.39 is 5.97 Å². The molecule has 3 aromatic rings. The molecule has 0 atom stereocenters. The number of carbonyl (C=O) groups is 2. The second-order valence-electron chi connectivity index (χ2n) is 6.39. The number of rotatable bonds is 4. The Kier molecular flexibility index (Phi) is 4.77. The van der Waals surface area contributed by atoms with Gasteiger partial charge in [0.2, 0.25) is 0 Å². The number of amides is 1. The van der Waals surface area contributed by atoms with Gasteiger partial charge in [0.25, 0.3) is 5.91 Å². The lowest BCUT2D eigenvalue weighted by Gasteiger charge is -2.20. The molecule has 0 N–H and O–H groups in total. The van der Waals surface area contributed by atoms with Crippen molar-refractivity contribution in [1.82, 2.24) is 4.90 Å². The minimum absolute atomic E-state index is 0.0858. The highest BCUT2D eigenvalue weighted by Crippen LogP contribution is 2.38. The summed E-state index contributed by atoms with van der Waals surface area (Å²) < 4.78 is 5.89. The van der Waals surface area contributed by atoms with Crippen LogP contribution in [0.25, 0.3) is 11.5 Å². The molecule has 1 heterocycles. The van der Waals surface area contributed by atoms with E-state index in [1.54, 1.807) is 35.2 Å². The number of hydrogen-bond acceptors (Lipinski definition) is 3. The first kappa shape index (κ1) is 17.7. The second-order valence-corrected chi connectivity index (χ2v) is 6.39. The lowest BCUT2D eigenvalue weighted by molar-refractivity contribution is 0.0687. The van der Waals surface area contributed by atoms with Crippen LogP contribution in [-0.4, -0.2) is 23.3 Å². The van der Waals surface area contributed by atoms with E-state index in [1.165, 1.54) is 0 Å². The summed E-state index contributed by atoms with van der Waals surface area (Å²) in [6.45, 7) is 2.38. The summed E-state index contributed by atoms with van der Waals surface area (Å²) in [6.07, 6.45) is 0. The van der Waals surface area contributed by atoms with Gasteiger partial charge in [-0.2, -0.15) is 0 Å². The van der Waals surface area contributed by atoms with Crippen molar-refractivity contribution in [2.75, 3.05) is 6.54 Å². The van der Waals surface area contributed by atoms with Gasteiger partial charge in [0.15, 0.2) is 5.76 Å². The monoisotopic (exact) mass is 369 g/mol. The Morgan fingerprint density at radius 2 is 1.32 bits per heavy atom. The summed E-state index contributed by atoms with van der Waals surface area (Å²) in [4.78, 5) is 27.4. The summed E-state index contributed by atoms with van der Waals surface area (Å²) >= 11 is 0. The predicted molar refractivity (Wildman–Crippen MR) is 108 cm³/mol. The SMILES string of the molecule is CCN1C(=O)c2ccccc2/C1=C(\OC(=O)c1ccccc1)c1ccccc1. The lowest BCUT2D eigenvalue weighted by Crippen LogP contribution is -2.24. The summed E-state index contributed by atoms with van der Waals surface area (Å²) in [6, 6.07) is 25.7. The number of hydrogen-bond donors (Lipinski definition) is 0. The minimum atomic E-state index is -0.458. The van der Waals surface area contributed by atoms with Gasteiger partial charge in [-0.1, -0.05) is 66.7 Å². The average molecular weight is 369 g/mol. The molecular weight excluding hydrogens is 350 g/mol. The van der Waals surface area contributed by atoms with Crippen LogP contribution >= 0.6 is 0 Å². The van der Waals surface area contributed by atoms with Gasteiger partial charge < -0.3 is 9.64 Å². The Labute approximate surface area is 163 Å². The molecule has 4 heteroatoms. The van der Waals surface area contributed by atoms with Crippen molar-refractivity contribution in [3.05, 3.63) is 107 Å². The molecule has 1 aliphatic heterocycles. The van der Waals surface area contributed by atoms with Gasteiger partial charge in [0.05, 0.1) is 11.3 Å². The third-order valence-electron chi connectivity index (χ3n) is 4.70. The molecule has 3 aromatic carbocycles. The fraction of sp³-hybridized carbons (Fsp3) is 0.0833. The number of fused-ring (bicyclic) bond motifs is 1. The zero-order chi connectivity index (χ0) is 19.5. The standard InChI is InChI=1S/C24H19NO3/c1-2-25-21(19-15-9-10-16-20(19)23(25)26)22(17-11-5-3-6-12-17)28-24(27)18-13-7-4-8-14-18/h3-16H,2H2,1H3/b22-21+. The van der Waals surface area contributed by atoms with Crippen molar-refractivity contribution >= 4 is 23.3 Å². The molecular formula is C24H19NO3. The topological polar surface area (TPSA) is 46.6 Å². The van der Waals surface area contributed by atoms with Crippen LogP contribution in [0.15, 0.2) is 84.9 Å². The van der Waals surface area contributed by atoms with Gasteiger partial charge in [-0.25, -0.2) is 4.79 Å². The molecule has 0 saturated heterocycles. The zero-order valence-electron chi connectivity index (χ0n) is 15.5. The molecule has 0 aliphatic carbocycles. The van der Waals surface area contributed by atoms with E-state index in [0.717, 1.165) is 11.1 Å². The van der Waals surface area contributed by atoms with Crippen LogP contribution in [0, 0.1) is 0 Å². The molecule has 1 aliphatic rings. The largest absolute Gasteiger partial charge is 0.420 e. The summed E-state index contributed by atoms with van der Waals surface area (Å²) in [5.41, 5.74) is 3.21. The van der Waals surface area contributed by atoms with E-state index in [1.807, 2.05) is 61.5 Å². The Balaban J connectivity index is 1.90. The van der Waals surface area contributed by atoms with Gasteiger partial charge >= 0.3 is 5.97 Å². The normalized spacial score (nSPS) is 14.6. The fourth-order valence-corrected chi connectivity index (χ4v) is 3.37. The molecule has 28 heavy (non-hydrogen) atoms. The highest BCUT2D eigenvalue weighted by Gasteiger charge is 2.35. The Hall–Kier alpha value is -3.66. The van der Waals surface area contributed by atoms with E-state index in [0.29, 0.717) is 29.1 Å². The van der Waals surface area contributed by atoms with Crippen LogP contribution in [0.2, 0.25) is 0 Å². The molecule has 0 spiro atoms. The second kappa shape index (κ2) is 7.53. The number of ether oxygens (including phenoxy) is 1. The van der Waals surface area contributed by atoms with Gasteiger partial charge in [-0.15, -0.1) is 0 Å². The summed E-state index contributed by atoms with van der Waals surface area (Å²) in [5, 5.41) is 0. The molecule has 1 amide bonds. The molecule has 0 aromatic heterocycles. The van der Waals surface area contributed by atoms with Crippen molar-refractivity contribution in [2.45, 2.75) is 6.92 Å². The van der Waals surface area contributed by atoms with Crippen molar-refractivity contribution < 1.29 is 14.3 Å². The molecule has 0 radical (unpaired) electrons. The van der Waals surface area contributed by atoms with Gasteiger partial charge in [0, 0.05) is 23.2 Å².